The van der Waals surface area contributed by atoms with E-state index in [1.54, 1.807) is 22.9 Å². The first-order valence-electron chi connectivity index (χ1n) is 5.70. The molecule has 0 bridgehead atoms. The van der Waals surface area contributed by atoms with Crippen LogP contribution >= 0.6 is 11.3 Å². The Morgan fingerprint density at radius 2 is 2.33 bits per heavy atom. The fraction of sp³-hybridized carbons (Fsp3) is 0.455. The third-order valence-corrected chi connectivity index (χ3v) is 3.84. The molecule has 2 aromatic heterocycles. The Bertz CT molecular complexity index is 549. The van der Waals surface area contributed by atoms with Crippen LogP contribution < -0.4 is 0 Å². The molecule has 0 aliphatic heterocycles. The first-order valence-corrected chi connectivity index (χ1v) is 6.52. The molecule has 1 N–H and O–H groups in total. The Morgan fingerprint density at radius 1 is 1.56 bits per heavy atom. The first kappa shape index (κ1) is 12.7. The van der Waals surface area contributed by atoms with E-state index >= 15 is 0 Å². The second-order valence-corrected chi connectivity index (χ2v) is 5.18. The number of tetrazole rings is 1. The highest BCUT2D eigenvalue weighted by Gasteiger charge is 2.18. The zero-order valence-electron chi connectivity index (χ0n) is 10.2. The Kier molecular flexibility index (Phi) is 3.71. The molecule has 2 heterocycles. The molecule has 0 aliphatic rings. The quantitative estimate of drug-likeness (QED) is 0.895. The molecule has 0 amide bonds. The van der Waals surface area contributed by atoms with Gasteiger partial charge in [-0.3, -0.25) is 4.79 Å². The predicted molar refractivity (Wildman–Crippen MR) is 67.5 cm³/mol. The maximum absolute atomic E-state index is 10.7. The molecule has 0 saturated heterocycles. The minimum absolute atomic E-state index is 0.00402. The van der Waals surface area contributed by atoms with E-state index in [2.05, 4.69) is 22.4 Å². The molecule has 0 fully saturated rings. The number of aryl methyl sites for hydroxylation is 1. The van der Waals surface area contributed by atoms with E-state index in [1.165, 1.54) is 4.88 Å². The largest absolute Gasteiger partial charge is 0.481 e. The third-order valence-electron chi connectivity index (χ3n) is 2.61. The van der Waals surface area contributed by atoms with Gasteiger partial charge in [0.15, 0.2) is 5.82 Å². The number of carboxylic acids is 1. The number of carboxylic acid groups (broad SMARTS) is 1. The summed E-state index contributed by atoms with van der Waals surface area (Å²) in [5.41, 5.74) is 0. The maximum atomic E-state index is 10.7. The number of hydrogen-bond donors (Lipinski definition) is 1. The molecule has 0 aliphatic carbocycles. The number of carbonyl (C=O) groups is 1. The highest BCUT2D eigenvalue weighted by molar-refractivity contribution is 7.15. The van der Waals surface area contributed by atoms with Gasteiger partial charge in [-0.2, -0.15) is 0 Å². The summed E-state index contributed by atoms with van der Waals surface area (Å²) in [6.45, 7) is 3.88. The van der Waals surface area contributed by atoms with E-state index in [1.807, 2.05) is 12.1 Å². The number of aromatic nitrogens is 4. The van der Waals surface area contributed by atoms with Crippen LogP contribution in [0.5, 0.6) is 0 Å². The average molecular weight is 266 g/mol. The van der Waals surface area contributed by atoms with Gasteiger partial charge in [-0.15, -0.1) is 16.4 Å². The van der Waals surface area contributed by atoms with Gasteiger partial charge in [0.1, 0.15) is 0 Å². The smallest absolute Gasteiger partial charge is 0.305 e. The highest BCUT2D eigenvalue weighted by Crippen LogP contribution is 2.28. The van der Waals surface area contributed by atoms with Crippen molar-refractivity contribution in [2.75, 3.05) is 0 Å². The van der Waals surface area contributed by atoms with Gasteiger partial charge in [0.2, 0.25) is 0 Å². The molecule has 0 aromatic carbocycles. The van der Waals surface area contributed by atoms with E-state index in [9.17, 15) is 4.79 Å². The zero-order chi connectivity index (χ0) is 13.1. The van der Waals surface area contributed by atoms with Crippen molar-refractivity contribution in [2.24, 2.45) is 0 Å². The summed E-state index contributed by atoms with van der Waals surface area (Å²) in [5.74, 6) is -0.224. The molecule has 7 heteroatoms. The minimum Gasteiger partial charge on any atom is -0.481 e. The van der Waals surface area contributed by atoms with Gasteiger partial charge in [-0.25, -0.2) is 4.68 Å². The lowest BCUT2D eigenvalue weighted by molar-refractivity contribution is -0.137. The van der Waals surface area contributed by atoms with Gasteiger partial charge in [0.05, 0.1) is 17.3 Å². The first-order chi connectivity index (χ1) is 8.61. The Morgan fingerprint density at radius 3 is 2.94 bits per heavy atom. The summed E-state index contributed by atoms with van der Waals surface area (Å²) in [5, 5.41) is 20.3. The van der Waals surface area contributed by atoms with Crippen LogP contribution in [0.15, 0.2) is 12.1 Å². The van der Waals surface area contributed by atoms with Gasteiger partial charge in [-0.05, 0) is 35.9 Å². The maximum Gasteiger partial charge on any atom is 0.305 e. The summed E-state index contributed by atoms with van der Waals surface area (Å²) in [7, 11) is 0. The second kappa shape index (κ2) is 5.26. The van der Waals surface area contributed by atoms with Gasteiger partial charge in [0.25, 0.3) is 0 Å². The van der Waals surface area contributed by atoms with Crippen molar-refractivity contribution >= 4 is 17.3 Å². The fourth-order valence-corrected chi connectivity index (χ4v) is 2.60. The van der Waals surface area contributed by atoms with Gasteiger partial charge < -0.3 is 5.11 Å². The molecule has 0 radical (unpaired) electrons. The highest BCUT2D eigenvalue weighted by atomic mass is 32.1. The molecule has 1 unspecified atom stereocenters. The Hall–Kier alpha value is -1.76. The van der Waals surface area contributed by atoms with E-state index in [0.717, 1.165) is 11.3 Å². The summed E-state index contributed by atoms with van der Waals surface area (Å²) in [6.07, 6.45) is 0.973. The normalized spacial score (nSPS) is 12.6. The molecule has 1 atom stereocenters. The summed E-state index contributed by atoms with van der Waals surface area (Å²) in [4.78, 5) is 12.9. The van der Waals surface area contributed by atoms with Crippen molar-refractivity contribution < 1.29 is 9.90 Å². The van der Waals surface area contributed by atoms with Crippen LogP contribution in [0, 0.1) is 0 Å². The van der Waals surface area contributed by atoms with Crippen LogP contribution in [0.1, 0.15) is 31.2 Å². The van der Waals surface area contributed by atoms with Crippen LogP contribution in [0.3, 0.4) is 0 Å². The SMILES string of the molecule is CCc1ccc(-c2nnnn2C(C)CC(=O)O)s1. The molecule has 2 aromatic rings. The lowest BCUT2D eigenvalue weighted by Crippen LogP contribution is -2.13. The average Bonchev–Trinajstić information content (AvgIpc) is 2.96. The molecule has 0 spiro atoms. The van der Waals surface area contributed by atoms with E-state index < -0.39 is 5.97 Å². The fourth-order valence-electron chi connectivity index (χ4n) is 1.68. The molecular formula is C11H14N4O2S. The van der Waals surface area contributed by atoms with Crippen molar-refractivity contribution in [2.45, 2.75) is 32.7 Å². The predicted octanol–water partition coefficient (Wildman–Crippen LogP) is 2.00. The van der Waals surface area contributed by atoms with Crippen LogP contribution in [0.25, 0.3) is 10.7 Å². The zero-order valence-corrected chi connectivity index (χ0v) is 11.0. The van der Waals surface area contributed by atoms with Crippen molar-refractivity contribution in [1.29, 1.82) is 0 Å². The number of rotatable bonds is 5. The monoisotopic (exact) mass is 266 g/mol. The molecule has 18 heavy (non-hydrogen) atoms. The minimum atomic E-state index is -0.857. The van der Waals surface area contributed by atoms with Gasteiger partial charge in [0, 0.05) is 4.88 Å². The number of nitrogens with zero attached hydrogens (tertiary/aromatic N) is 4. The van der Waals surface area contributed by atoms with Gasteiger partial charge in [-0.1, -0.05) is 6.92 Å². The molecule has 0 saturated carbocycles. The summed E-state index contributed by atoms with van der Waals surface area (Å²) < 4.78 is 1.57. The topological polar surface area (TPSA) is 80.9 Å². The van der Waals surface area contributed by atoms with E-state index in [-0.39, 0.29) is 12.5 Å². The third kappa shape index (κ3) is 2.56. The van der Waals surface area contributed by atoms with E-state index in [4.69, 9.17) is 5.11 Å². The lowest BCUT2D eigenvalue weighted by Gasteiger charge is -2.09. The lowest BCUT2D eigenvalue weighted by atomic mass is 10.2. The van der Waals surface area contributed by atoms with Crippen LogP contribution in [-0.2, 0) is 11.2 Å². The van der Waals surface area contributed by atoms with Crippen molar-refractivity contribution in [3.05, 3.63) is 17.0 Å². The molecule has 6 nitrogen and oxygen atoms in total. The molecule has 2 rings (SSSR count). The molecular weight excluding hydrogens is 252 g/mol. The number of thiophene rings is 1. The Labute approximate surface area is 108 Å². The van der Waals surface area contributed by atoms with Crippen LogP contribution in [0.2, 0.25) is 0 Å². The second-order valence-electron chi connectivity index (χ2n) is 4.01. The van der Waals surface area contributed by atoms with Crippen LogP contribution in [0.4, 0.5) is 0 Å². The molecule has 96 valence electrons. The summed E-state index contributed by atoms with van der Waals surface area (Å²) in [6, 6.07) is 3.75. The summed E-state index contributed by atoms with van der Waals surface area (Å²) >= 11 is 1.63. The van der Waals surface area contributed by atoms with Crippen molar-refractivity contribution in [3.63, 3.8) is 0 Å². The van der Waals surface area contributed by atoms with Crippen molar-refractivity contribution in [1.82, 2.24) is 20.2 Å². The number of aliphatic carboxylic acids is 1. The Balaban J connectivity index is 2.29. The van der Waals surface area contributed by atoms with Gasteiger partial charge >= 0.3 is 5.97 Å². The standard InChI is InChI=1S/C11H14N4O2S/c1-3-8-4-5-9(18-8)11-12-13-14-15(11)7(2)6-10(16)17/h4-5,7H,3,6H2,1-2H3,(H,16,17). The van der Waals surface area contributed by atoms with E-state index in [0.29, 0.717) is 5.82 Å². The van der Waals surface area contributed by atoms with Crippen molar-refractivity contribution in [3.8, 4) is 10.7 Å². The number of hydrogen-bond acceptors (Lipinski definition) is 5. The van der Waals surface area contributed by atoms with Crippen LogP contribution in [-0.4, -0.2) is 31.3 Å².